The van der Waals surface area contributed by atoms with E-state index in [2.05, 4.69) is 17.2 Å². The molecule has 0 spiro atoms. The summed E-state index contributed by atoms with van der Waals surface area (Å²) in [6.45, 7) is 2.19. The van der Waals surface area contributed by atoms with Crippen LogP contribution in [0.5, 0.6) is 0 Å². The molecule has 19 heavy (non-hydrogen) atoms. The van der Waals surface area contributed by atoms with Gasteiger partial charge in [-0.25, -0.2) is 4.98 Å². The Labute approximate surface area is 112 Å². The largest absolute Gasteiger partial charge is 0.384 e. The Balaban J connectivity index is 2.13. The second-order valence-corrected chi connectivity index (χ2v) is 5.14. The lowest BCUT2D eigenvalue weighted by Gasteiger charge is -2.29. The SMILES string of the molecule is CCC1CCCC(Nc2nc(N)ccc2[N+](=O)[O-])C1. The molecule has 0 aromatic carbocycles. The average Bonchev–Trinajstić information content (AvgIpc) is 2.38. The summed E-state index contributed by atoms with van der Waals surface area (Å²) in [5.41, 5.74) is 5.61. The Morgan fingerprint density at radius 1 is 1.53 bits per heavy atom. The average molecular weight is 264 g/mol. The van der Waals surface area contributed by atoms with E-state index in [0.29, 0.717) is 17.6 Å². The number of pyridine rings is 1. The third kappa shape index (κ3) is 3.33. The van der Waals surface area contributed by atoms with Crippen molar-refractivity contribution >= 4 is 17.3 Å². The number of aromatic nitrogens is 1. The Bertz CT molecular complexity index is 464. The number of rotatable bonds is 4. The molecule has 0 bridgehead atoms. The molecule has 2 unspecified atom stereocenters. The molecule has 1 fully saturated rings. The molecule has 6 heteroatoms. The highest BCUT2D eigenvalue weighted by atomic mass is 16.6. The molecule has 2 rings (SSSR count). The van der Waals surface area contributed by atoms with Crippen molar-refractivity contribution in [3.8, 4) is 0 Å². The third-order valence-electron chi connectivity index (χ3n) is 3.79. The van der Waals surface area contributed by atoms with E-state index < -0.39 is 4.92 Å². The van der Waals surface area contributed by atoms with E-state index in [1.54, 1.807) is 0 Å². The minimum absolute atomic E-state index is 0.00665. The Kier molecular flexibility index (Phi) is 4.19. The number of nitrogens with zero attached hydrogens (tertiary/aromatic N) is 2. The second kappa shape index (κ2) is 5.86. The van der Waals surface area contributed by atoms with Gasteiger partial charge in [-0.3, -0.25) is 10.1 Å². The number of nitro groups is 1. The number of nitrogen functional groups attached to an aromatic ring is 1. The van der Waals surface area contributed by atoms with Gasteiger partial charge < -0.3 is 11.1 Å². The normalized spacial score (nSPS) is 23.0. The van der Waals surface area contributed by atoms with Gasteiger partial charge in [-0.2, -0.15) is 0 Å². The molecule has 1 aliphatic carbocycles. The van der Waals surface area contributed by atoms with Crippen LogP contribution in [0.25, 0.3) is 0 Å². The maximum absolute atomic E-state index is 11.0. The minimum atomic E-state index is -0.422. The molecule has 1 heterocycles. The highest BCUT2D eigenvalue weighted by Gasteiger charge is 2.24. The van der Waals surface area contributed by atoms with Crippen molar-refractivity contribution in [3.05, 3.63) is 22.2 Å². The molecule has 2 atom stereocenters. The lowest BCUT2D eigenvalue weighted by atomic mass is 9.84. The Morgan fingerprint density at radius 3 is 3.00 bits per heavy atom. The first-order valence-corrected chi connectivity index (χ1v) is 6.77. The van der Waals surface area contributed by atoms with Gasteiger partial charge in [-0.15, -0.1) is 0 Å². The molecule has 0 amide bonds. The minimum Gasteiger partial charge on any atom is -0.384 e. The Hall–Kier alpha value is -1.85. The van der Waals surface area contributed by atoms with Crippen molar-refractivity contribution in [3.63, 3.8) is 0 Å². The van der Waals surface area contributed by atoms with Crippen molar-refractivity contribution in [1.29, 1.82) is 0 Å². The van der Waals surface area contributed by atoms with Gasteiger partial charge >= 0.3 is 5.69 Å². The second-order valence-electron chi connectivity index (χ2n) is 5.14. The maximum Gasteiger partial charge on any atom is 0.311 e. The topological polar surface area (TPSA) is 94.1 Å². The third-order valence-corrected chi connectivity index (χ3v) is 3.79. The number of hydrogen-bond acceptors (Lipinski definition) is 5. The van der Waals surface area contributed by atoms with Gasteiger partial charge in [0.15, 0.2) is 0 Å². The van der Waals surface area contributed by atoms with Crippen molar-refractivity contribution < 1.29 is 4.92 Å². The van der Waals surface area contributed by atoms with Crippen molar-refractivity contribution in [2.24, 2.45) is 5.92 Å². The molecule has 3 N–H and O–H groups in total. The summed E-state index contributed by atoms with van der Waals surface area (Å²) in [6, 6.07) is 3.12. The first-order valence-electron chi connectivity index (χ1n) is 6.77. The first-order chi connectivity index (χ1) is 9.10. The molecule has 1 aromatic heterocycles. The summed E-state index contributed by atoms with van der Waals surface area (Å²) in [5, 5.41) is 14.2. The van der Waals surface area contributed by atoms with Gasteiger partial charge in [0.2, 0.25) is 5.82 Å². The summed E-state index contributed by atoms with van der Waals surface area (Å²) in [4.78, 5) is 14.6. The number of nitrogens with two attached hydrogens (primary N) is 1. The zero-order chi connectivity index (χ0) is 13.8. The lowest BCUT2D eigenvalue weighted by Crippen LogP contribution is -2.27. The first kappa shape index (κ1) is 13.6. The van der Waals surface area contributed by atoms with Gasteiger partial charge in [0.05, 0.1) is 4.92 Å². The quantitative estimate of drug-likeness (QED) is 0.644. The van der Waals surface area contributed by atoms with Gasteiger partial charge in [0, 0.05) is 12.1 Å². The number of hydrogen-bond donors (Lipinski definition) is 2. The summed E-state index contributed by atoms with van der Waals surface area (Å²) in [6.07, 6.45) is 5.65. The van der Waals surface area contributed by atoms with Crippen LogP contribution in [0.1, 0.15) is 39.0 Å². The van der Waals surface area contributed by atoms with Gasteiger partial charge in [0.25, 0.3) is 0 Å². The molecule has 1 aromatic rings. The number of anilines is 2. The molecule has 1 saturated carbocycles. The fourth-order valence-electron chi connectivity index (χ4n) is 2.71. The maximum atomic E-state index is 11.0. The highest BCUT2D eigenvalue weighted by molar-refractivity contribution is 5.59. The van der Waals surface area contributed by atoms with Gasteiger partial charge in [0.1, 0.15) is 5.82 Å². The van der Waals surface area contributed by atoms with E-state index >= 15 is 0 Å². The van der Waals surface area contributed by atoms with E-state index in [1.165, 1.54) is 18.6 Å². The van der Waals surface area contributed by atoms with Gasteiger partial charge in [-0.05, 0) is 24.8 Å². The van der Waals surface area contributed by atoms with Crippen molar-refractivity contribution in [2.45, 2.75) is 45.1 Å². The fraction of sp³-hybridized carbons (Fsp3) is 0.615. The van der Waals surface area contributed by atoms with Crippen LogP contribution in [0.2, 0.25) is 0 Å². The standard InChI is InChI=1S/C13H20N4O2/c1-2-9-4-3-5-10(8-9)15-13-11(17(18)19)6-7-12(14)16-13/h6-7,9-10H,2-5,8H2,1H3,(H3,14,15,16). The molecule has 1 aliphatic rings. The van der Waals surface area contributed by atoms with E-state index in [-0.39, 0.29) is 11.7 Å². The van der Waals surface area contributed by atoms with Crippen LogP contribution in [-0.2, 0) is 0 Å². The summed E-state index contributed by atoms with van der Waals surface area (Å²) >= 11 is 0. The molecule has 0 aliphatic heterocycles. The highest BCUT2D eigenvalue weighted by Crippen LogP contribution is 2.31. The number of nitrogens with one attached hydrogen (secondary N) is 1. The predicted octanol–water partition coefficient (Wildman–Crippen LogP) is 2.95. The van der Waals surface area contributed by atoms with Crippen LogP contribution in [0.4, 0.5) is 17.3 Å². The van der Waals surface area contributed by atoms with Gasteiger partial charge in [-0.1, -0.05) is 26.2 Å². The lowest BCUT2D eigenvalue weighted by molar-refractivity contribution is -0.384. The van der Waals surface area contributed by atoms with E-state index in [0.717, 1.165) is 25.7 Å². The molecular weight excluding hydrogens is 244 g/mol. The monoisotopic (exact) mass is 264 g/mol. The molecule has 0 saturated heterocycles. The van der Waals surface area contributed by atoms with Crippen LogP contribution >= 0.6 is 0 Å². The van der Waals surface area contributed by atoms with Crippen LogP contribution in [0.15, 0.2) is 12.1 Å². The molecule has 6 nitrogen and oxygen atoms in total. The van der Waals surface area contributed by atoms with E-state index in [1.807, 2.05) is 0 Å². The van der Waals surface area contributed by atoms with E-state index in [9.17, 15) is 10.1 Å². The van der Waals surface area contributed by atoms with Crippen LogP contribution in [0.3, 0.4) is 0 Å². The van der Waals surface area contributed by atoms with E-state index in [4.69, 9.17) is 5.73 Å². The van der Waals surface area contributed by atoms with Crippen LogP contribution in [0, 0.1) is 16.0 Å². The fourth-order valence-corrected chi connectivity index (χ4v) is 2.71. The van der Waals surface area contributed by atoms with Crippen LogP contribution in [-0.4, -0.2) is 15.9 Å². The smallest absolute Gasteiger partial charge is 0.311 e. The summed E-state index contributed by atoms with van der Waals surface area (Å²) < 4.78 is 0. The molecular formula is C13H20N4O2. The summed E-state index contributed by atoms with van der Waals surface area (Å²) in [5.74, 6) is 1.30. The van der Waals surface area contributed by atoms with Crippen molar-refractivity contribution in [1.82, 2.24) is 4.98 Å². The molecule has 104 valence electrons. The zero-order valence-corrected chi connectivity index (χ0v) is 11.1. The zero-order valence-electron chi connectivity index (χ0n) is 11.1. The molecule has 0 radical (unpaired) electrons. The van der Waals surface area contributed by atoms with Crippen LogP contribution < -0.4 is 11.1 Å². The predicted molar refractivity (Wildman–Crippen MR) is 75.0 cm³/mol. The summed E-state index contributed by atoms with van der Waals surface area (Å²) in [7, 11) is 0. The Morgan fingerprint density at radius 2 is 2.32 bits per heavy atom. The van der Waals surface area contributed by atoms with Crippen molar-refractivity contribution in [2.75, 3.05) is 11.1 Å².